The summed E-state index contributed by atoms with van der Waals surface area (Å²) in [7, 11) is 2.13. The Bertz CT molecular complexity index is 828. The summed E-state index contributed by atoms with van der Waals surface area (Å²) in [5.41, 5.74) is 2.63. The predicted molar refractivity (Wildman–Crippen MR) is 99.9 cm³/mol. The molecule has 0 spiro atoms. The highest BCUT2D eigenvalue weighted by Crippen LogP contribution is 2.38. The Kier molecular flexibility index (Phi) is 4.43. The molecule has 0 saturated heterocycles. The predicted octanol–water partition coefficient (Wildman–Crippen LogP) is 4.03. The zero-order valence-corrected chi connectivity index (χ0v) is 14.9. The second kappa shape index (κ2) is 6.85. The van der Waals surface area contributed by atoms with E-state index in [0.29, 0.717) is 0 Å². The van der Waals surface area contributed by atoms with Crippen molar-refractivity contribution in [3.63, 3.8) is 0 Å². The van der Waals surface area contributed by atoms with Gasteiger partial charge in [0, 0.05) is 36.8 Å². The third-order valence-corrected chi connectivity index (χ3v) is 5.97. The average molecular weight is 338 g/mol. The molecule has 0 unspecified atom stereocenters. The van der Waals surface area contributed by atoms with Crippen molar-refractivity contribution in [3.05, 3.63) is 46.9 Å². The standard InChI is InChI=1S/C19H22N4S/c1-23(12-10-14-7-5-6-11-20-14)18-17-15-8-3-2-4-9-16(15)24-19(17)22-13-21-18/h5-7,11,13H,2-4,8-10,12H2,1H3. The van der Waals surface area contributed by atoms with Gasteiger partial charge in [-0.05, 0) is 43.4 Å². The van der Waals surface area contributed by atoms with E-state index in [1.807, 2.05) is 29.7 Å². The quantitative estimate of drug-likeness (QED) is 0.674. The molecular formula is C19H22N4S. The van der Waals surface area contributed by atoms with Gasteiger partial charge in [-0.25, -0.2) is 9.97 Å². The van der Waals surface area contributed by atoms with E-state index in [-0.39, 0.29) is 0 Å². The van der Waals surface area contributed by atoms with Crippen molar-refractivity contribution in [2.24, 2.45) is 0 Å². The summed E-state index contributed by atoms with van der Waals surface area (Å²) >= 11 is 1.87. The van der Waals surface area contributed by atoms with Crippen LogP contribution < -0.4 is 4.90 Å². The van der Waals surface area contributed by atoms with Gasteiger partial charge in [-0.2, -0.15) is 0 Å². The number of rotatable bonds is 4. The van der Waals surface area contributed by atoms with Crippen LogP contribution in [-0.4, -0.2) is 28.5 Å². The van der Waals surface area contributed by atoms with Crippen molar-refractivity contribution in [2.45, 2.75) is 38.5 Å². The van der Waals surface area contributed by atoms with E-state index in [1.165, 1.54) is 47.9 Å². The van der Waals surface area contributed by atoms with Crippen molar-refractivity contribution in [2.75, 3.05) is 18.5 Å². The number of thiophene rings is 1. The fourth-order valence-corrected chi connectivity index (χ4v) is 4.70. The monoisotopic (exact) mass is 338 g/mol. The van der Waals surface area contributed by atoms with Crippen LogP contribution >= 0.6 is 11.3 Å². The Morgan fingerprint density at radius 1 is 1.08 bits per heavy atom. The lowest BCUT2D eigenvalue weighted by Crippen LogP contribution is -2.22. The third kappa shape index (κ3) is 3.00. The highest BCUT2D eigenvalue weighted by atomic mass is 32.1. The number of fused-ring (bicyclic) bond motifs is 3. The molecule has 0 amide bonds. The highest BCUT2D eigenvalue weighted by Gasteiger charge is 2.20. The summed E-state index contributed by atoms with van der Waals surface area (Å²) in [6, 6.07) is 6.09. The summed E-state index contributed by atoms with van der Waals surface area (Å²) in [6.45, 7) is 0.910. The molecule has 24 heavy (non-hydrogen) atoms. The molecule has 4 rings (SSSR count). The van der Waals surface area contributed by atoms with Crippen molar-refractivity contribution >= 4 is 27.4 Å². The summed E-state index contributed by atoms with van der Waals surface area (Å²) in [6.07, 6.45) is 10.8. The zero-order chi connectivity index (χ0) is 16.4. The second-order valence-electron chi connectivity index (χ2n) is 6.43. The van der Waals surface area contributed by atoms with Crippen LogP contribution in [0.25, 0.3) is 10.2 Å². The fraction of sp³-hybridized carbons (Fsp3) is 0.421. The summed E-state index contributed by atoms with van der Waals surface area (Å²) in [5.74, 6) is 1.08. The number of nitrogens with zero attached hydrogens (tertiary/aromatic N) is 4. The van der Waals surface area contributed by atoms with Crippen LogP contribution in [0.15, 0.2) is 30.7 Å². The Labute approximate surface area is 146 Å². The number of aromatic nitrogens is 3. The van der Waals surface area contributed by atoms with Gasteiger partial charge in [0.15, 0.2) is 0 Å². The summed E-state index contributed by atoms with van der Waals surface area (Å²) in [4.78, 5) is 18.5. The molecule has 0 radical (unpaired) electrons. The van der Waals surface area contributed by atoms with Crippen LogP contribution in [0.2, 0.25) is 0 Å². The minimum absolute atomic E-state index is 0.910. The minimum Gasteiger partial charge on any atom is -0.359 e. The van der Waals surface area contributed by atoms with Crippen LogP contribution in [0.1, 0.15) is 35.4 Å². The molecule has 1 aliphatic rings. The van der Waals surface area contributed by atoms with Gasteiger partial charge in [0.25, 0.3) is 0 Å². The van der Waals surface area contributed by atoms with Crippen LogP contribution in [0.4, 0.5) is 5.82 Å². The van der Waals surface area contributed by atoms with E-state index in [4.69, 9.17) is 0 Å². The van der Waals surface area contributed by atoms with Gasteiger partial charge >= 0.3 is 0 Å². The Morgan fingerprint density at radius 3 is 2.88 bits per heavy atom. The average Bonchev–Trinajstić information content (AvgIpc) is 2.82. The largest absolute Gasteiger partial charge is 0.359 e. The molecule has 3 aromatic rings. The zero-order valence-electron chi connectivity index (χ0n) is 14.0. The molecule has 124 valence electrons. The van der Waals surface area contributed by atoms with Gasteiger partial charge in [-0.15, -0.1) is 11.3 Å². The molecule has 0 aromatic carbocycles. The van der Waals surface area contributed by atoms with Crippen LogP contribution in [0.3, 0.4) is 0 Å². The fourth-order valence-electron chi connectivity index (χ4n) is 3.47. The first-order chi connectivity index (χ1) is 11.8. The number of hydrogen-bond donors (Lipinski definition) is 0. The maximum atomic E-state index is 4.63. The van der Waals surface area contributed by atoms with Crippen molar-refractivity contribution < 1.29 is 0 Å². The molecule has 3 heterocycles. The van der Waals surface area contributed by atoms with Crippen molar-refractivity contribution in [3.8, 4) is 0 Å². The maximum Gasteiger partial charge on any atom is 0.140 e. The van der Waals surface area contributed by atoms with Crippen molar-refractivity contribution in [1.29, 1.82) is 0 Å². The SMILES string of the molecule is CN(CCc1ccccn1)c1ncnc2sc3c(c12)CCCCC3. The lowest BCUT2D eigenvalue weighted by molar-refractivity contribution is 0.713. The van der Waals surface area contributed by atoms with E-state index >= 15 is 0 Å². The van der Waals surface area contributed by atoms with Gasteiger partial charge in [0.1, 0.15) is 17.0 Å². The molecule has 0 atom stereocenters. The number of hydrogen-bond acceptors (Lipinski definition) is 5. The molecule has 3 aromatic heterocycles. The Balaban J connectivity index is 1.64. The first kappa shape index (κ1) is 15.5. The molecule has 0 aliphatic heterocycles. The maximum absolute atomic E-state index is 4.63. The first-order valence-corrected chi connectivity index (χ1v) is 9.51. The lowest BCUT2D eigenvalue weighted by atomic mass is 10.1. The number of pyridine rings is 1. The molecule has 0 N–H and O–H groups in total. The lowest BCUT2D eigenvalue weighted by Gasteiger charge is -2.19. The number of likely N-dealkylation sites (N-methyl/N-ethyl adjacent to an activating group) is 1. The topological polar surface area (TPSA) is 41.9 Å². The Hall–Kier alpha value is -2.01. The molecule has 0 fully saturated rings. The molecule has 1 aliphatic carbocycles. The number of aryl methyl sites for hydroxylation is 2. The Morgan fingerprint density at radius 2 is 2.00 bits per heavy atom. The smallest absolute Gasteiger partial charge is 0.140 e. The first-order valence-electron chi connectivity index (χ1n) is 8.69. The third-order valence-electron chi connectivity index (χ3n) is 4.77. The van der Waals surface area contributed by atoms with E-state index < -0.39 is 0 Å². The van der Waals surface area contributed by atoms with Crippen molar-refractivity contribution in [1.82, 2.24) is 15.0 Å². The van der Waals surface area contributed by atoms with Gasteiger partial charge < -0.3 is 4.90 Å². The second-order valence-corrected chi connectivity index (χ2v) is 7.52. The van der Waals surface area contributed by atoms with Crippen LogP contribution in [0.5, 0.6) is 0 Å². The highest BCUT2D eigenvalue weighted by molar-refractivity contribution is 7.18. The van der Waals surface area contributed by atoms with E-state index in [1.54, 1.807) is 6.33 Å². The van der Waals surface area contributed by atoms with E-state index in [9.17, 15) is 0 Å². The van der Waals surface area contributed by atoms with Gasteiger partial charge in [-0.1, -0.05) is 12.5 Å². The van der Waals surface area contributed by atoms with Gasteiger partial charge in [0.05, 0.1) is 5.39 Å². The summed E-state index contributed by atoms with van der Waals surface area (Å²) in [5, 5.41) is 1.29. The number of anilines is 1. The van der Waals surface area contributed by atoms with E-state index in [2.05, 4.69) is 33.0 Å². The van der Waals surface area contributed by atoms with Crippen LogP contribution in [0, 0.1) is 0 Å². The van der Waals surface area contributed by atoms with Gasteiger partial charge in [0.2, 0.25) is 0 Å². The molecular weight excluding hydrogens is 316 g/mol. The normalized spacial score (nSPS) is 14.4. The van der Waals surface area contributed by atoms with Crippen LogP contribution in [-0.2, 0) is 19.3 Å². The molecule has 0 saturated carbocycles. The molecule has 0 bridgehead atoms. The van der Waals surface area contributed by atoms with Gasteiger partial charge in [-0.3, -0.25) is 4.98 Å². The van der Waals surface area contributed by atoms with E-state index in [0.717, 1.165) is 29.3 Å². The minimum atomic E-state index is 0.910. The summed E-state index contributed by atoms with van der Waals surface area (Å²) < 4.78 is 0. The molecule has 4 nitrogen and oxygen atoms in total. The molecule has 5 heteroatoms.